The molecule has 0 spiro atoms. The van der Waals surface area contributed by atoms with Gasteiger partial charge in [-0.15, -0.1) is 0 Å². The van der Waals surface area contributed by atoms with Crippen LogP contribution >= 0.6 is 12.2 Å². The second-order valence-electron chi connectivity index (χ2n) is 5.46. The number of anilines is 1. The van der Waals surface area contributed by atoms with Gasteiger partial charge in [0.1, 0.15) is 0 Å². The zero-order valence-electron chi connectivity index (χ0n) is 13.4. The van der Waals surface area contributed by atoms with E-state index in [2.05, 4.69) is 10.6 Å². The Hall–Kier alpha value is -2.62. The molecule has 0 aliphatic carbocycles. The number of hydrogen-bond donors (Lipinski definition) is 2. The van der Waals surface area contributed by atoms with E-state index in [1.807, 2.05) is 0 Å². The molecule has 2 aromatic rings. The van der Waals surface area contributed by atoms with Crippen LogP contribution in [0.4, 0.5) is 32.0 Å². The van der Waals surface area contributed by atoms with Gasteiger partial charge in [0.2, 0.25) is 5.91 Å². The minimum absolute atomic E-state index is 0.00219. The molecule has 1 amide bonds. The lowest BCUT2D eigenvalue weighted by molar-refractivity contribution is -0.143. The molecule has 0 atom stereocenters. The van der Waals surface area contributed by atoms with Crippen molar-refractivity contribution in [2.75, 3.05) is 5.32 Å². The van der Waals surface area contributed by atoms with Crippen LogP contribution in [0.25, 0.3) is 0 Å². The first-order valence-electron chi connectivity index (χ1n) is 7.39. The third-order valence-corrected chi connectivity index (χ3v) is 3.51. The summed E-state index contributed by atoms with van der Waals surface area (Å²) in [6.45, 7) is 0. The second kappa shape index (κ2) is 7.95. The summed E-state index contributed by atoms with van der Waals surface area (Å²) in [5, 5.41) is 3.98. The number of halogens is 6. The van der Waals surface area contributed by atoms with Crippen LogP contribution in [0.15, 0.2) is 48.5 Å². The normalized spacial score (nSPS) is 11.8. The molecule has 2 aromatic carbocycles. The van der Waals surface area contributed by atoms with Crippen LogP contribution in [0.3, 0.4) is 0 Å². The molecule has 144 valence electrons. The first kappa shape index (κ1) is 20.7. The summed E-state index contributed by atoms with van der Waals surface area (Å²) < 4.78 is 77.0. The number of amides is 1. The smallest absolute Gasteiger partial charge is 0.332 e. The number of nitrogens with one attached hydrogen (secondary N) is 2. The van der Waals surface area contributed by atoms with Crippen LogP contribution in [-0.2, 0) is 23.6 Å². The first-order chi connectivity index (χ1) is 12.4. The average Bonchev–Trinajstić information content (AvgIpc) is 2.53. The SMILES string of the molecule is O=C(Cc1ccccc1)NC(=S)Nc1cc(C(F)(F)F)cc(C(F)(F)F)c1. The standard InChI is InChI=1S/C17H12F6N2OS/c18-16(19,20)11-7-12(17(21,22)23)9-13(8-11)24-15(27)25-14(26)6-10-4-2-1-3-5-10/h1-5,7-9H,6H2,(H2,24,25,26,27). The van der Waals surface area contributed by atoms with E-state index in [1.54, 1.807) is 30.3 Å². The maximum absolute atomic E-state index is 12.8. The Morgan fingerprint density at radius 3 is 1.89 bits per heavy atom. The van der Waals surface area contributed by atoms with Crippen molar-refractivity contribution < 1.29 is 31.1 Å². The summed E-state index contributed by atoms with van der Waals surface area (Å²) >= 11 is 4.80. The Balaban J connectivity index is 2.13. The van der Waals surface area contributed by atoms with Crippen molar-refractivity contribution in [1.82, 2.24) is 5.32 Å². The van der Waals surface area contributed by atoms with Gasteiger partial charge in [-0.3, -0.25) is 4.79 Å². The van der Waals surface area contributed by atoms with Gasteiger partial charge < -0.3 is 10.6 Å². The number of thiocarbonyl (C=S) groups is 1. The number of benzene rings is 2. The molecule has 0 aliphatic heterocycles. The second-order valence-corrected chi connectivity index (χ2v) is 5.87. The zero-order chi connectivity index (χ0) is 20.2. The molecule has 0 aromatic heterocycles. The predicted molar refractivity (Wildman–Crippen MR) is 91.0 cm³/mol. The van der Waals surface area contributed by atoms with Crippen molar-refractivity contribution in [3.05, 3.63) is 65.2 Å². The summed E-state index contributed by atoms with van der Waals surface area (Å²) in [6, 6.07) is 9.48. The largest absolute Gasteiger partial charge is 0.416 e. The number of alkyl halides is 6. The van der Waals surface area contributed by atoms with Gasteiger partial charge in [0.25, 0.3) is 0 Å². The lowest BCUT2D eigenvalue weighted by atomic mass is 10.1. The van der Waals surface area contributed by atoms with Gasteiger partial charge in [0, 0.05) is 5.69 Å². The molecule has 0 radical (unpaired) electrons. The van der Waals surface area contributed by atoms with Crippen molar-refractivity contribution in [2.45, 2.75) is 18.8 Å². The molecule has 10 heteroatoms. The maximum Gasteiger partial charge on any atom is 0.416 e. The van der Waals surface area contributed by atoms with Crippen LogP contribution in [0.5, 0.6) is 0 Å². The van der Waals surface area contributed by atoms with Gasteiger partial charge in [-0.05, 0) is 36.0 Å². The molecule has 0 saturated carbocycles. The molecule has 0 aliphatic rings. The Morgan fingerprint density at radius 1 is 0.889 bits per heavy atom. The molecule has 27 heavy (non-hydrogen) atoms. The zero-order valence-corrected chi connectivity index (χ0v) is 14.2. The molecule has 0 unspecified atom stereocenters. The minimum Gasteiger partial charge on any atom is -0.332 e. The van der Waals surface area contributed by atoms with E-state index in [9.17, 15) is 31.1 Å². The molecule has 0 heterocycles. The summed E-state index contributed by atoms with van der Waals surface area (Å²) in [5.41, 5.74) is -2.85. The van der Waals surface area contributed by atoms with Gasteiger partial charge in [-0.25, -0.2) is 0 Å². The first-order valence-corrected chi connectivity index (χ1v) is 7.80. The molecule has 3 nitrogen and oxygen atoms in total. The fraction of sp³-hybridized carbons (Fsp3) is 0.176. The maximum atomic E-state index is 12.8. The molecule has 0 bridgehead atoms. The molecule has 2 rings (SSSR count). The van der Waals surface area contributed by atoms with Crippen LogP contribution in [0, 0.1) is 0 Å². The topological polar surface area (TPSA) is 41.1 Å². The van der Waals surface area contributed by atoms with Crippen LogP contribution in [0.1, 0.15) is 16.7 Å². The molecular formula is C17H12F6N2OS. The van der Waals surface area contributed by atoms with Gasteiger partial charge in [-0.2, -0.15) is 26.3 Å². The van der Waals surface area contributed by atoms with E-state index in [0.29, 0.717) is 17.7 Å². The van der Waals surface area contributed by atoms with Gasteiger partial charge >= 0.3 is 12.4 Å². The Morgan fingerprint density at radius 2 is 1.41 bits per heavy atom. The van der Waals surface area contributed by atoms with Crippen LogP contribution in [-0.4, -0.2) is 11.0 Å². The van der Waals surface area contributed by atoms with Crippen molar-refractivity contribution in [2.24, 2.45) is 0 Å². The Kier molecular flexibility index (Phi) is 6.09. The van der Waals surface area contributed by atoms with E-state index >= 15 is 0 Å². The summed E-state index contributed by atoms with van der Waals surface area (Å²) in [7, 11) is 0. The fourth-order valence-electron chi connectivity index (χ4n) is 2.14. The van der Waals surface area contributed by atoms with E-state index in [0.717, 1.165) is 0 Å². The van der Waals surface area contributed by atoms with Crippen LogP contribution < -0.4 is 10.6 Å². The number of hydrogen-bond acceptors (Lipinski definition) is 2. The van der Waals surface area contributed by atoms with E-state index in [4.69, 9.17) is 12.2 Å². The lowest BCUT2D eigenvalue weighted by Gasteiger charge is -2.16. The predicted octanol–water partition coefficient (Wildman–Crippen LogP) is 4.78. The van der Waals surface area contributed by atoms with E-state index < -0.39 is 40.2 Å². The third kappa shape index (κ3) is 6.24. The summed E-state index contributed by atoms with van der Waals surface area (Å²) in [5.74, 6) is -0.568. The highest BCUT2D eigenvalue weighted by Gasteiger charge is 2.37. The third-order valence-electron chi connectivity index (χ3n) is 3.31. The monoisotopic (exact) mass is 406 g/mol. The van der Waals surface area contributed by atoms with Gasteiger partial charge in [0.05, 0.1) is 17.5 Å². The van der Waals surface area contributed by atoms with Crippen LogP contribution in [0.2, 0.25) is 0 Å². The Bertz CT molecular complexity index is 801. The highest BCUT2D eigenvalue weighted by Crippen LogP contribution is 2.37. The highest BCUT2D eigenvalue weighted by atomic mass is 32.1. The van der Waals surface area contributed by atoms with Crippen molar-refractivity contribution in [3.63, 3.8) is 0 Å². The number of rotatable bonds is 3. The number of carbonyl (C=O) groups is 1. The summed E-state index contributed by atoms with van der Waals surface area (Å²) in [6.07, 6.45) is -10.0. The van der Waals surface area contributed by atoms with E-state index in [1.165, 1.54) is 0 Å². The molecule has 2 N–H and O–H groups in total. The molecule has 0 fully saturated rings. The molecular weight excluding hydrogens is 394 g/mol. The van der Waals surface area contributed by atoms with Crippen molar-refractivity contribution in [3.8, 4) is 0 Å². The number of carbonyl (C=O) groups excluding carboxylic acids is 1. The van der Waals surface area contributed by atoms with E-state index in [-0.39, 0.29) is 12.5 Å². The molecule has 0 saturated heterocycles. The van der Waals surface area contributed by atoms with Gasteiger partial charge in [-0.1, -0.05) is 30.3 Å². The van der Waals surface area contributed by atoms with Crippen molar-refractivity contribution in [1.29, 1.82) is 0 Å². The minimum atomic E-state index is -4.98. The highest BCUT2D eigenvalue weighted by molar-refractivity contribution is 7.80. The summed E-state index contributed by atoms with van der Waals surface area (Å²) in [4.78, 5) is 11.9. The van der Waals surface area contributed by atoms with Gasteiger partial charge in [0.15, 0.2) is 5.11 Å². The average molecular weight is 406 g/mol. The Labute approximate surface area is 155 Å². The van der Waals surface area contributed by atoms with Crippen molar-refractivity contribution >= 4 is 28.9 Å². The quantitative estimate of drug-likeness (QED) is 0.570. The lowest BCUT2D eigenvalue weighted by Crippen LogP contribution is -2.35. The fourth-order valence-corrected chi connectivity index (χ4v) is 2.37.